The molecular formula is C23H24FN3O5. The number of aryl methyl sites for hydroxylation is 1. The Morgan fingerprint density at radius 2 is 2.06 bits per heavy atom. The van der Waals surface area contributed by atoms with E-state index in [0.29, 0.717) is 23.5 Å². The Labute approximate surface area is 184 Å². The van der Waals surface area contributed by atoms with Crippen molar-refractivity contribution in [3.8, 4) is 5.75 Å². The number of rotatable bonds is 4. The maximum Gasteiger partial charge on any atom is 0.292 e. The van der Waals surface area contributed by atoms with Gasteiger partial charge in [-0.05, 0) is 56.9 Å². The van der Waals surface area contributed by atoms with Crippen molar-refractivity contribution in [3.63, 3.8) is 0 Å². The summed E-state index contributed by atoms with van der Waals surface area (Å²) in [7, 11) is 0. The van der Waals surface area contributed by atoms with Crippen molar-refractivity contribution >= 4 is 16.8 Å². The lowest BCUT2D eigenvalue weighted by molar-refractivity contribution is -0.613. The molecule has 1 aromatic carbocycles. The molecule has 0 radical (unpaired) electrons. The lowest BCUT2D eigenvalue weighted by atomic mass is 10.1. The Bertz CT molecular complexity index is 1220. The van der Waals surface area contributed by atoms with E-state index in [1.165, 1.54) is 31.5 Å². The third kappa shape index (κ3) is 3.32. The van der Waals surface area contributed by atoms with E-state index in [9.17, 15) is 14.4 Å². The van der Waals surface area contributed by atoms with Crippen molar-refractivity contribution in [2.45, 2.75) is 64.3 Å². The molecule has 2 aliphatic rings. The SMILES string of the molecule is CC(=O)c1cc(F)ccc1O[C@H]1C[C@@H](n2ccc3c(C)[n+]([O-])cnc32)[C@@H]2OC(C)(C)O[C@@H]21. The quantitative estimate of drug-likeness (QED) is 0.351. The predicted octanol–water partition coefficient (Wildman–Crippen LogP) is 3.23. The van der Waals surface area contributed by atoms with Crippen LogP contribution in [0.2, 0.25) is 0 Å². The molecule has 3 aromatic rings. The molecule has 168 valence electrons. The van der Waals surface area contributed by atoms with Crippen LogP contribution in [0.1, 0.15) is 49.3 Å². The highest BCUT2D eigenvalue weighted by molar-refractivity contribution is 5.96. The van der Waals surface area contributed by atoms with Gasteiger partial charge >= 0.3 is 0 Å². The summed E-state index contributed by atoms with van der Waals surface area (Å²) in [6.07, 6.45) is 2.52. The average Bonchev–Trinajstić information content (AvgIpc) is 3.38. The molecule has 0 bridgehead atoms. The molecule has 32 heavy (non-hydrogen) atoms. The summed E-state index contributed by atoms with van der Waals surface area (Å²) in [5.74, 6) is -1.28. The Balaban J connectivity index is 1.52. The fourth-order valence-corrected chi connectivity index (χ4v) is 4.78. The van der Waals surface area contributed by atoms with Crippen LogP contribution in [-0.4, -0.2) is 39.4 Å². The zero-order valence-electron chi connectivity index (χ0n) is 18.2. The molecule has 8 nitrogen and oxygen atoms in total. The van der Waals surface area contributed by atoms with Gasteiger partial charge in [0.25, 0.3) is 12.0 Å². The first-order chi connectivity index (χ1) is 15.1. The van der Waals surface area contributed by atoms with E-state index in [2.05, 4.69) is 4.98 Å². The Morgan fingerprint density at radius 3 is 2.81 bits per heavy atom. The lowest BCUT2D eigenvalue weighted by Gasteiger charge is -2.25. The van der Waals surface area contributed by atoms with Gasteiger partial charge < -0.3 is 24.0 Å². The number of hydrogen-bond donors (Lipinski definition) is 0. The molecule has 2 aromatic heterocycles. The highest BCUT2D eigenvalue weighted by Gasteiger charge is 2.56. The molecule has 9 heteroatoms. The number of nitrogens with zero attached hydrogens (tertiary/aromatic N) is 3. The number of hydrogen-bond acceptors (Lipinski definition) is 6. The number of halogens is 1. The standard InChI is InChI=1S/C23H24FN3O5/c1-12-15-7-8-26(22(15)25-11-27(12)29)17-10-19(21-20(17)31-23(3,4)32-21)30-18-6-5-14(24)9-16(18)13(2)28/h5-9,11,17,19-21H,10H2,1-4H3/t17-,19+,20+,21-/m1/s1. The zero-order chi connectivity index (χ0) is 22.8. The topological polar surface area (TPSA) is 89.5 Å². The van der Waals surface area contributed by atoms with Crippen molar-refractivity contribution in [3.05, 3.63) is 59.1 Å². The molecule has 1 saturated carbocycles. The van der Waals surface area contributed by atoms with Crippen LogP contribution < -0.4 is 9.47 Å². The van der Waals surface area contributed by atoms with Crippen LogP contribution in [-0.2, 0) is 9.47 Å². The molecule has 0 N–H and O–H groups in total. The Kier molecular flexibility index (Phi) is 4.72. The van der Waals surface area contributed by atoms with E-state index in [-0.39, 0.29) is 23.5 Å². The number of fused-ring (bicyclic) bond motifs is 2. The molecule has 5 rings (SSSR count). The highest BCUT2D eigenvalue weighted by atomic mass is 19.1. The normalized spacial score (nSPS) is 26.4. The summed E-state index contributed by atoms with van der Waals surface area (Å²) in [4.78, 5) is 16.4. The zero-order valence-corrected chi connectivity index (χ0v) is 18.2. The highest BCUT2D eigenvalue weighted by Crippen LogP contribution is 2.46. The van der Waals surface area contributed by atoms with Gasteiger partial charge in [-0.15, -0.1) is 0 Å². The van der Waals surface area contributed by atoms with E-state index in [1.54, 1.807) is 6.92 Å². The first-order valence-electron chi connectivity index (χ1n) is 10.5. The number of carbonyl (C=O) groups is 1. The van der Waals surface area contributed by atoms with Crippen molar-refractivity contribution in [1.82, 2.24) is 9.55 Å². The number of aromatic nitrogens is 3. The van der Waals surface area contributed by atoms with Crippen LogP contribution in [0.25, 0.3) is 11.0 Å². The molecule has 1 aliphatic heterocycles. The summed E-state index contributed by atoms with van der Waals surface area (Å²) in [5.41, 5.74) is 1.43. The van der Waals surface area contributed by atoms with E-state index in [4.69, 9.17) is 14.2 Å². The summed E-state index contributed by atoms with van der Waals surface area (Å²) < 4.78 is 35.1. The van der Waals surface area contributed by atoms with Crippen molar-refractivity contribution < 1.29 is 28.1 Å². The van der Waals surface area contributed by atoms with Crippen LogP contribution in [0, 0.1) is 17.9 Å². The summed E-state index contributed by atoms with van der Waals surface area (Å²) in [6, 6.07) is 5.62. The van der Waals surface area contributed by atoms with Gasteiger partial charge in [0.05, 0.1) is 17.0 Å². The largest absolute Gasteiger partial charge is 0.711 e. The second kappa shape index (κ2) is 7.25. The maximum absolute atomic E-state index is 13.7. The van der Waals surface area contributed by atoms with Crippen molar-refractivity contribution in [2.75, 3.05) is 0 Å². The lowest BCUT2D eigenvalue weighted by Crippen LogP contribution is -2.33. The van der Waals surface area contributed by atoms with Gasteiger partial charge in [0.15, 0.2) is 11.6 Å². The molecule has 0 spiro atoms. The number of ether oxygens (including phenoxy) is 3. The number of carbonyl (C=O) groups excluding carboxylic acids is 1. The summed E-state index contributed by atoms with van der Waals surface area (Å²) in [5, 5.41) is 12.7. The van der Waals surface area contributed by atoms with Gasteiger partial charge in [0.1, 0.15) is 35.6 Å². The van der Waals surface area contributed by atoms with Crippen LogP contribution in [0.3, 0.4) is 0 Å². The van der Waals surface area contributed by atoms with Crippen LogP contribution >= 0.6 is 0 Å². The van der Waals surface area contributed by atoms with Crippen LogP contribution in [0.4, 0.5) is 4.39 Å². The fraction of sp³-hybridized carbons (Fsp3) is 0.435. The van der Waals surface area contributed by atoms with Crippen LogP contribution in [0.5, 0.6) is 5.75 Å². The molecule has 2 fully saturated rings. The predicted molar refractivity (Wildman–Crippen MR) is 112 cm³/mol. The first-order valence-corrected chi connectivity index (χ1v) is 10.5. The third-order valence-electron chi connectivity index (χ3n) is 6.23. The van der Waals surface area contributed by atoms with E-state index in [1.807, 2.05) is 30.7 Å². The minimum Gasteiger partial charge on any atom is -0.711 e. The Hall–Kier alpha value is -3.04. The second-order valence-electron chi connectivity index (χ2n) is 8.84. The minimum absolute atomic E-state index is 0.167. The fourth-order valence-electron chi connectivity index (χ4n) is 4.78. The average molecular weight is 441 g/mol. The smallest absolute Gasteiger partial charge is 0.292 e. The van der Waals surface area contributed by atoms with Gasteiger partial charge in [0.2, 0.25) is 0 Å². The molecule has 1 saturated heterocycles. The maximum atomic E-state index is 13.7. The first kappa shape index (κ1) is 20.8. The number of Topliss-reactive ketones (excluding diaryl/α,β-unsaturated/α-hetero) is 1. The Morgan fingerprint density at radius 1 is 1.31 bits per heavy atom. The van der Waals surface area contributed by atoms with Gasteiger partial charge in [-0.1, -0.05) is 0 Å². The summed E-state index contributed by atoms with van der Waals surface area (Å²) in [6.45, 7) is 6.81. The van der Waals surface area contributed by atoms with E-state index >= 15 is 0 Å². The van der Waals surface area contributed by atoms with Gasteiger partial charge in [0, 0.05) is 12.6 Å². The second-order valence-corrected chi connectivity index (χ2v) is 8.84. The van der Waals surface area contributed by atoms with E-state index in [0.717, 1.165) is 10.1 Å². The molecule has 3 heterocycles. The monoisotopic (exact) mass is 441 g/mol. The molecule has 0 unspecified atom stereocenters. The summed E-state index contributed by atoms with van der Waals surface area (Å²) >= 11 is 0. The van der Waals surface area contributed by atoms with Gasteiger partial charge in [-0.25, -0.2) is 9.12 Å². The molecule has 4 atom stereocenters. The van der Waals surface area contributed by atoms with Crippen LogP contribution in [0.15, 0.2) is 36.8 Å². The van der Waals surface area contributed by atoms with Crippen molar-refractivity contribution in [2.24, 2.45) is 0 Å². The van der Waals surface area contributed by atoms with Crippen molar-refractivity contribution in [1.29, 1.82) is 0 Å². The van der Waals surface area contributed by atoms with Gasteiger partial charge in [-0.2, -0.15) is 0 Å². The molecule has 0 amide bonds. The number of benzene rings is 1. The molecule has 1 aliphatic carbocycles. The van der Waals surface area contributed by atoms with E-state index < -0.39 is 23.8 Å². The van der Waals surface area contributed by atoms with Gasteiger partial charge in [-0.3, -0.25) is 4.79 Å². The molecular weight excluding hydrogens is 417 g/mol. The minimum atomic E-state index is -0.813. The number of ketones is 1. The third-order valence-corrected chi connectivity index (χ3v) is 6.23.